The average molecular weight is 336 g/mol. The maximum Gasteiger partial charge on any atom is 0.184 e. The summed E-state index contributed by atoms with van der Waals surface area (Å²) in [5, 5.41) is 18.0. The fraction of sp³-hybridized carbons (Fsp3) is 0.263. The molecular weight excluding hydrogens is 320 g/mol. The van der Waals surface area contributed by atoms with E-state index < -0.39 is 26.4 Å². The summed E-state index contributed by atoms with van der Waals surface area (Å²) in [6.07, 6.45) is 0. The molecule has 0 unspecified atom stereocenters. The second kappa shape index (κ2) is 5.47. The molecule has 3 rings (SSSR count). The highest BCUT2D eigenvalue weighted by molar-refractivity contribution is 7.92. The zero-order valence-electron chi connectivity index (χ0n) is 13.4. The lowest BCUT2D eigenvalue weighted by Gasteiger charge is -2.04. The van der Waals surface area contributed by atoms with Gasteiger partial charge < -0.3 is 0 Å². The standard InChI is InChI=1S/C19H16N2O2S/c1-13-3-7-15(8-4-13)17-18(19(17,11-20)12-21)24(22,23)16-9-5-14(2)6-10-16/h3-10,17-18H,1-2H3/t17-,18+/m0/s1. The van der Waals surface area contributed by atoms with Gasteiger partial charge in [0.15, 0.2) is 15.3 Å². The van der Waals surface area contributed by atoms with E-state index in [4.69, 9.17) is 0 Å². The van der Waals surface area contributed by atoms with Gasteiger partial charge in [-0.2, -0.15) is 10.5 Å². The first-order valence-electron chi connectivity index (χ1n) is 7.56. The maximum atomic E-state index is 13.0. The Hall–Kier alpha value is -2.63. The fourth-order valence-electron chi connectivity index (χ4n) is 3.16. The zero-order valence-corrected chi connectivity index (χ0v) is 14.2. The Morgan fingerprint density at radius 1 is 0.875 bits per heavy atom. The SMILES string of the molecule is Cc1ccc([C@H]2[C@@H](S(=O)(=O)c3ccc(C)cc3)C2(C#N)C#N)cc1. The monoisotopic (exact) mass is 336 g/mol. The van der Waals surface area contributed by atoms with Crippen LogP contribution in [-0.4, -0.2) is 13.7 Å². The van der Waals surface area contributed by atoms with Crippen LogP contribution in [0, 0.1) is 41.9 Å². The van der Waals surface area contributed by atoms with Gasteiger partial charge in [0.2, 0.25) is 0 Å². The molecule has 120 valence electrons. The first-order chi connectivity index (χ1) is 11.4. The molecule has 0 aromatic heterocycles. The van der Waals surface area contributed by atoms with Gasteiger partial charge in [0.25, 0.3) is 0 Å². The molecule has 24 heavy (non-hydrogen) atoms. The molecule has 4 nitrogen and oxygen atoms in total. The Morgan fingerprint density at radius 3 is 1.79 bits per heavy atom. The van der Waals surface area contributed by atoms with Crippen LogP contribution < -0.4 is 0 Å². The first kappa shape index (κ1) is 16.2. The summed E-state index contributed by atoms with van der Waals surface area (Å²) in [5.74, 6) is -0.626. The highest BCUT2D eigenvalue weighted by Crippen LogP contribution is 2.63. The van der Waals surface area contributed by atoms with Gasteiger partial charge in [-0.05, 0) is 31.5 Å². The van der Waals surface area contributed by atoms with Crippen LogP contribution >= 0.6 is 0 Å². The van der Waals surface area contributed by atoms with Crippen molar-refractivity contribution in [2.45, 2.75) is 29.9 Å². The minimum Gasteiger partial charge on any atom is -0.223 e. The molecule has 0 saturated heterocycles. The molecule has 1 saturated carbocycles. The van der Waals surface area contributed by atoms with Crippen molar-refractivity contribution in [3.8, 4) is 12.1 Å². The molecule has 1 aliphatic rings. The number of aryl methyl sites for hydroxylation is 2. The molecular formula is C19H16N2O2S. The predicted octanol–water partition coefficient (Wildman–Crippen LogP) is 3.28. The third-order valence-corrected chi connectivity index (χ3v) is 6.87. The number of nitriles is 2. The Balaban J connectivity index is 2.09. The summed E-state index contributed by atoms with van der Waals surface area (Å²) >= 11 is 0. The molecule has 2 aromatic rings. The minimum atomic E-state index is -3.77. The van der Waals surface area contributed by atoms with Crippen LogP contribution in [0.2, 0.25) is 0 Å². The Labute approximate surface area is 141 Å². The van der Waals surface area contributed by atoms with Gasteiger partial charge in [0.1, 0.15) is 5.25 Å². The Morgan fingerprint density at radius 2 is 1.33 bits per heavy atom. The molecule has 5 heteroatoms. The number of benzene rings is 2. The molecule has 0 N–H and O–H groups in total. The zero-order chi connectivity index (χ0) is 17.5. The lowest BCUT2D eigenvalue weighted by molar-refractivity contribution is 0.591. The van der Waals surface area contributed by atoms with Gasteiger partial charge >= 0.3 is 0 Å². The molecule has 1 fully saturated rings. The van der Waals surface area contributed by atoms with Gasteiger partial charge in [-0.25, -0.2) is 8.42 Å². The van der Waals surface area contributed by atoms with Crippen molar-refractivity contribution in [3.05, 3.63) is 65.2 Å². The van der Waals surface area contributed by atoms with Crippen LogP contribution in [0.1, 0.15) is 22.6 Å². The number of hydrogen-bond acceptors (Lipinski definition) is 4. The number of hydrogen-bond donors (Lipinski definition) is 0. The van der Waals surface area contributed by atoms with Crippen molar-refractivity contribution < 1.29 is 8.42 Å². The van der Waals surface area contributed by atoms with Crippen LogP contribution in [0.15, 0.2) is 53.4 Å². The largest absolute Gasteiger partial charge is 0.223 e. The van der Waals surface area contributed by atoms with E-state index in [9.17, 15) is 18.9 Å². The first-order valence-corrected chi connectivity index (χ1v) is 9.11. The van der Waals surface area contributed by atoms with E-state index in [0.717, 1.165) is 11.1 Å². The third-order valence-electron chi connectivity index (χ3n) is 4.62. The van der Waals surface area contributed by atoms with Gasteiger partial charge in [0.05, 0.1) is 17.0 Å². The molecule has 0 heterocycles. The quantitative estimate of drug-likeness (QED) is 0.861. The smallest absolute Gasteiger partial charge is 0.184 e. The van der Waals surface area contributed by atoms with Crippen molar-refractivity contribution in [1.29, 1.82) is 10.5 Å². The van der Waals surface area contributed by atoms with Gasteiger partial charge in [-0.3, -0.25) is 0 Å². The minimum absolute atomic E-state index is 0.155. The summed E-state index contributed by atoms with van der Waals surface area (Å²) in [6.45, 7) is 3.80. The molecule has 0 bridgehead atoms. The van der Waals surface area contributed by atoms with Crippen molar-refractivity contribution >= 4 is 9.84 Å². The lowest BCUT2D eigenvalue weighted by atomic mass is 10.0. The van der Waals surface area contributed by atoms with E-state index in [1.54, 1.807) is 24.3 Å². The van der Waals surface area contributed by atoms with E-state index in [1.165, 1.54) is 12.1 Å². The molecule has 0 aliphatic heterocycles. The third kappa shape index (κ3) is 2.29. The van der Waals surface area contributed by atoms with Crippen molar-refractivity contribution in [1.82, 2.24) is 0 Å². The van der Waals surface area contributed by atoms with Crippen molar-refractivity contribution in [2.75, 3.05) is 0 Å². The summed E-state index contributed by atoms with van der Waals surface area (Å²) in [6, 6.07) is 17.8. The van der Waals surface area contributed by atoms with Crippen molar-refractivity contribution in [2.24, 2.45) is 5.41 Å². The van der Waals surface area contributed by atoms with Crippen LogP contribution in [0.5, 0.6) is 0 Å². The Bertz CT molecular complexity index is 948. The lowest BCUT2D eigenvalue weighted by Crippen LogP contribution is -2.14. The summed E-state index contributed by atoms with van der Waals surface area (Å²) in [7, 11) is -3.77. The number of sulfone groups is 1. The summed E-state index contributed by atoms with van der Waals surface area (Å²) in [5.41, 5.74) is 1.17. The van der Waals surface area contributed by atoms with E-state index in [-0.39, 0.29) is 4.90 Å². The number of rotatable bonds is 3. The average Bonchev–Trinajstić information content (AvgIpc) is 3.26. The van der Waals surface area contributed by atoms with E-state index >= 15 is 0 Å². The molecule has 0 spiro atoms. The second-order valence-corrected chi connectivity index (χ2v) is 8.33. The molecule has 1 aliphatic carbocycles. The maximum absolute atomic E-state index is 13.0. The highest BCUT2D eigenvalue weighted by Gasteiger charge is 2.73. The Kier molecular flexibility index (Phi) is 3.70. The van der Waals surface area contributed by atoms with Crippen LogP contribution in [0.25, 0.3) is 0 Å². The fourth-order valence-corrected chi connectivity index (χ4v) is 5.36. The van der Waals surface area contributed by atoms with E-state index in [0.29, 0.717) is 5.56 Å². The van der Waals surface area contributed by atoms with Crippen LogP contribution in [-0.2, 0) is 9.84 Å². The van der Waals surface area contributed by atoms with Gasteiger partial charge in [0, 0.05) is 5.92 Å². The van der Waals surface area contributed by atoms with E-state index in [2.05, 4.69) is 0 Å². The van der Waals surface area contributed by atoms with E-state index in [1.807, 2.05) is 38.1 Å². The predicted molar refractivity (Wildman–Crippen MR) is 89.7 cm³/mol. The normalized spacial score (nSPS) is 21.5. The molecule has 2 atom stereocenters. The molecule has 2 aromatic carbocycles. The highest BCUT2D eigenvalue weighted by atomic mass is 32.2. The van der Waals surface area contributed by atoms with Crippen molar-refractivity contribution in [3.63, 3.8) is 0 Å². The van der Waals surface area contributed by atoms with Gasteiger partial charge in [-0.15, -0.1) is 0 Å². The number of nitrogens with zero attached hydrogens (tertiary/aromatic N) is 2. The topological polar surface area (TPSA) is 81.7 Å². The van der Waals surface area contributed by atoms with Crippen LogP contribution in [0.4, 0.5) is 0 Å². The molecule has 0 amide bonds. The summed E-state index contributed by atoms with van der Waals surface area (Å²) in [4.78, 5) is 0.155. The van der Waals surface area contributed by atoms with Crippen LogP contribution in [0.3, 0.4) is 0 Å². The second-order valence-electron chi connectivity index (χ2n) is 6.26. The summed E-state index contributed by atoms with van der Waals surface area (Å²) < 4.78 is 26.0. The molecule has 0 radical (unpaired) electrons. The van der Waals surface area contributed by atoms with Gasteiger partial charge in [-0.1, -0.05) is 47.5 Å².